The van der Waals surface area contributed by atoms with Gasteiger partial charge < -0.3 is 9.80 Å². The van der Waals surface area contributed by atoms with E-state index >= 15 is 0 Å². The maximum Gasteiger partial charge on any atom is 0.234 e. The zero-order valence-corrected chi connectivity index (χ0v) is 19.7. The fourth-order valence-electron chi connectivity index (χ4n) is 3.55. The molecule has 1 aliphatic rings. The highest BCUT2D eigenvalue weighted by atomic mass is 35.5. The molecule has 9 heteroatoms. The molecule has 4 rings (SSSR count). The van der Waals surface area contributed by atoms with Gasteiger partial charge in [0.2, 0.25) is 11.8 Å². The van der Waals surface area contributed by atoms with Crippen LogP contribution < -0.4 is 9.80 Å². The van der Waals surface area contributed by atoms with Crippen molar-refractivity contribution in [2.24, 2.45) is 5.92 Å². The van der Waals surface area contributed by atoms with Crippen LogP contribution in [0.5, 0.6) is 0 Å². The highest BCUT2D eigenvalue weighted by Crippen LogP contribution is 2.33. The third-order valence-corrected chi connectivity index (χ3v) is 6.43. The van der Waals surface area contributed by atoms with Crippen LogP contribution in [0.3, 0.4) is 0 Å². The number of carbonyl (C=O) groups is 2. The molecule has 0 N–H and O–H groups in total. The highest BCUT2D eigenvalue weighted by Gasteiger charge is 2.38. The Labute approximate surface area is 196 Å². The summed E-state index contributed by atoms with van der Waals surface area (Å²) in [6.07, 6.45) is 0.211. The molecule has 31 heavy (non-hydrogen) atoms. The van der Waals surface area contributed by atoms with Crippen LogP contribution in [-0.2, 0) is 9.59 Å². The van der Waals surface area contributed by atoms with Crippen LogP contribution in [0.4, 0.5) is 10.8 Å². The molecule has 2 amide bonds. The lowest BCUT2D eigenvalue weighted by molar-refractivity contribution is -0.124. The van der Waals surface area contributed by atoms with E-state index in [1.807, 2.05) is 61.5 Å². The van der Waals surface area contributed by atoms with Gasteiger partial charge in [-0.1, -0.05) is 41.1 Å². The molecule has 0 radical (unpaired) electrons. The molecular weight excluding hydrogens is 455 g/mol. The molecule has 3 aromatic rings. The van der Waals surface area contributed by atoms with Gasteiger partial charge in [0.05, 0.1) is 16.1 Å². The smallest absolute Gasteiger partial charge is 0.234 e. The van der Waals surface area contributed by atoms with E-state index in [0.717, 1.165) is 15.9 Å². The summed E-state index contributed by atoms with van der Waals surface area (Å²) in [6.45, 7) is 1.60. The van der Waals surface area contributed by atoms with Gasteiger partial charge in [0.15, 0.2) is 5.13 Å². The molecule has 2 aromatic carbocycles. The molecule has 6 nitrogen and oxygen atoms in total. The Bertz CT molecular complexity index is 1070. The number of rotatable bonds is 6. The van der Waals surface area contributed by atoms with E-state index in [-0.39, 0.29) is 30.6 Å². The van der Waals surface area contributed by atoms with E-state index in [0.29, 0.717) is 29.8 Å². The van der Waals surface area contributed by atoms with E-state index in [9.17, 15) is 9.59 Å². The van der Waals surface area contributed by atoms with Gasteiger partial charge in [-0.3, -0.25) is 14.5 Å². The van der Waals surface area contributed by atoms with Crippen molar-refractivity contribution >= 4 is 68.2 Å². The number of hydrogen-bond donors (Lipinski definition) is 0. The second-order valence-corrected chi connectivity index (χ2v) is 9.09. The minimum atomic E-state index is -0.393. The Morgan fingerprint density at radius 1 is 1.19 bits per heavy atom. The van der Waals surface area contributed by atoms with E-state index in [2.05, 4.69) is 4.98 Å². The third kappa shape index (κ3) is 5.18. The molecule has 0 saturated carbocycles. The molecule has 1 fully saturated rings. The fourth-order valence-corrected chi connectivity index (χ4v) is 4.83. The van der Waals surface area contributed by atoms with Gasteiger partial charge >= 0.3 is 0 Å². The first kappa shape index (κ1) is 23.5. The first-order valence-electron chi connectivity index (χ1n) is 9.80. The van der Waals surface area contributed by atoms with Crippen molar-refractivity contribution in [1.82, 2.24) is 9.88 Å². The average molecular weight is 479 g/mol. The normalized spacial score (nSPS) is 16.1. The summed E-state index contributed by atoms with van der Waals surface area (Å²) >= 11 is 7.56. The van der Waals surface area contributed by atoms with Crippen molar-refractivity contribution in [1.29, 1.82) is 0 Å². The van der Waals surface area contributed by atoms with Crippen LogP contribution in [0.25, 0.3) is 10.2 Å². The molecule has 2 heterocycles. The van der Waals surface area contributed by atoms with Crippen LogP contribution >= 0.6 is 35.3 Å². The van der Waals surface area contributed by atoms with Crippen LogP contribution in [0.15, 0.2) is 48.5 Å². The lowest BCUT2D eigenvalue weighted by Crippen LogP contribution is -2.41. The van der Waals surface area contributed by atoms with Gasteiger partial charge in [-0.05, 0) is 44.4 Å². The Morgan fingerprint density at radius 2 is 1.94 bits per heavy atom. The number of nitrogens with zero attached hydrogens (tertiary/aromatic N) is 4. The molecule has 1 unspecified atom stereocenters. The van der Waals surface area contributed by atoms with Crippen molar-refractivity contribution in [3.8, 4) is 0 Å². The minimum Gasteiger partial charge on any atom is -0.312 e. The second kappa shape index (κ2) is 9.96. The van der Waals surface area contributed by atoms with Crippen molar-refractivity contribution in [2.45, 2.75) is 6.42 Å². The Morgan fingerprint density at radius 3 is 2.65 bits per heavy atom. The first-order valence-corrected chi connectivity index (χ1v) is 11.0. The molecule has 1 atom stereocenters. The number of benzene rings is 2. The summed E-state index contributed by atoms with van der Waals surface area (Å²) in [7, 11) is 3.94. The molecular formula is C22H24Cl2N4O2S. The van der Waals surface area contributed by atoms with Crippen LogP contribution in [0.2, 0.25) is 5.02 Å². The van der Waals surface area contributed by atoms with Crippen LogP contribution in [0.1, 0.15) is 6.42 Å². The quantitative estimate of drug-likeness (QED) is 0.529. The molecule has 0 spiro atoms. The van der Waals surface area contributed by atoms with Gasteiger partial charge in [-0.2, -0.15) is 0 Å². The average Bonchev–Trinajstić information content (AvgIpc) is 3.31. The Kier molecular flexibility index (Phi) is 7.54. The monoisotopic (exact) mass is 478 g/mol. The van der Waals surface area contributed by atoms with E-state index in [1.165, 1.54) is 11.3 Å². The first-order chi connectivity index (χ1) is 14.4. The number of para-hydroxylation sites is 1. The SMILES string of the molecule is CN(C)CCN(C(=O)C1CC(=O)N(c2ccccc2)C1)c1nc2ccc(Cl)cc2s1.Cl. The number of likely N-dealkylation sites (N-methyl/N-ethyl adjacent to an activating group) is 1. The number of carbonyl (C=O) groups excluding carboxylic acids is 2. The number of amides is 2. The molecule has 1 aromatic heterocycles. The predicted molar refractivity (Wildman–Crippen MR) is 130 cm³/mol. The summed E-state index contributed by atoms with van der Waals surface area (Å²) in [5.74, 6) is -0.479. The van der Waals surface area contributed by atoms with E-state index in [1.54, 1.807) is 15.9 Å². The van der Waals surface area contributed by atoms with Crippen molar-refractivity contribution in [3.63, 3.8) is 0 Å². The summed E-state index contributed by atoms with van der Waals surface area (Å²) < 4.78 is 0.938. The summed E-state index contributed by atoms with van der Waals surface area (Å²) in [5.41, 5.74) is 1.64. The maximum absolute atomic E-state index is 13.5. The minimum absolute atomic E-state index is 0. The van der Waals surface area contributed by atoms with Crippen molar-refractivity contribution in [2.75, 3.05) is 43.5 Å². The van der Waals surface area contributed by atoms with E-state index in [4.69, 9.17) is 11.6 Å². The number of fused-ring (bicyclic) bond motifs is 1. The molecule has 1 aliphatic heterocycles. The highest BCUT2D eigenvalue weighted by molar-refractivity contribution is 7.22. The molecule has 0 aliphatic carbocycles. The molecule has 1 saturated heterocycles. The van der Waals surface area contributed by atoms with Crippen LogP contribution in [-0.4, -0.2) is 55.4 Å². The zero-order chi connectivity index (χ0) is 21.3. The second-order valence-electron chi connectivity index (χ2n) is 7.64. The van der Waals surface area contributed by atoms with Crippen LogP contribution in [0, 0.1) is 5.92 Å². The third-order valence-electron chi connectivity index (χ3n) is 5.15. The van der Waals surface area contributed by atoms with Crippen molar-refractivity contribution in [3.05, 3.63) is 53.6 Å². The zero-order valence-electron chi connectivity index (χ0n) is 17.3. The van der Waals surface area contributed by atoms with Gasteiger partial charge in [-0.15, -0.1) is 12.4 Å². The summed E-state index contributed by atoms with van der Waals surface area (Å²) in [4.78, 5) is 36.2. The van der Waals surface area contributed by atoms with E-state index < -0.39 is 5.92 Å². The Hall–Kier alpha value is -2.19. The lowest BCUT2D eigenvalue weighted by atomic mass is 10.1. The molecule has 164 valence electrons. The Balaban J connectivity index is 0.00000272. The van der Waals surface area contributed by atoms with Gasteiger partial charge in [0.25, 0.3) is 0 Å². The summed E-state index contributed by atoms with van der Waals surface area (Å²) in [5, 5.41) is 1.29. The standard InChI is InChI=1S/C22H23ClN4O2S.ClH/c1-25(2)10-11-26(22-24-18-9-8-16(23)13-19(18)30-22)21(29)15-12-20(28)27(14-15)17-6-4-3-5-7-17;/h3-9,13,15H,10-12,14H2,1-2H3;1H. The largest absolute Gasteiger partial charge is 0.312 e. The number of anilines is 2. The number of thiazole rings is 1. The predicted octanol–water partition coefficient (Wildman–Crippen LogP) is 4.32. The number of halogens is 2. The maximum atomic E-state index is 13.5. The topological polar surface area (TPSA) is 56.8 Å². The van der Waals surface area contributed by atoms with Gasteiger partial charge in [-0.25, -0.2) is 4.98 Å². The van der Waals surface area contributed by atoms with Crippen molar-refractivity contribution < 1.29 is 9.59 Å². The lowest BCUT2D eigenvalue weighted by Gasteiger charge is -2.24. The molecule has 0 bridgehead atoms. The number of hydrogen-bond acceptors (Lipinski definition) is 5. The fraction of sp³-hybridized carbons (Fsp3) is 0.318. The van der Waals surface area contributed by atoms with Gasteiger partial charge in [0.1, 0.15) is 0 Å². The summed E-state index contributed by atoms with van der Waals surface area (Å²) in [6, 6.07) is 15.0. The van der Waals surface area contributed by atoms with Gasteiger partial charge in [0, 0.05) is 36.8 Å². The number of aromatic nitrogens is 1.